The summed E-state index contributed by atoms with van der Waals surface area (Å²) in [5.41, 5.74) is 2.42. The van der Waals surface area contributed by atoms with E-state index in [1.54, 1.807) is 0 Å². The second kappa shape index (κ2) is 6.86. The van der Waals surface area contributed by atoms with Crippen molar-refractivity contribution in [2.45, 2.75) is 39.3 Å². The van der Waals surface area contributed by atoms with Crippen LogP contribution in [0.15, 0.2) is 22.7 Å². The topological polar surface area (TPSA) is 46.2 Å². The van der Waals surface area contributed by atoms with Crippen LogP contribution in [0.1, 0.15) is 37.4 Å². The van der Waals surface area contributed by atoms with Gasteiger partial charge in [0.1, 0.15) is 9.84 Å². The number of hydrogen-bond acceptors (Lipinski definition) is 3. The summed E-state index contributed by atoms with van der Waals surface area (Å²) in [6.07, 6.45) is 1.92. The maximum Gasteiger partial charge on any atom is 0.147 e. The molecule has 108 valence electrons. The lowest BCUT2D eigenvalue weighted by Gasteiger charge is -2.20. The highest BCUT2D eigenvalue weighted by Crippen LogP contribution is 2.21. The Morgan fingerprint density at radius 2 is 1.95 bits per heavy atom. The third-order valence-corrected chi connectivity index (χ3v) is 5.01. The molecule has 0 saturated carbocycles. The number of nitrogens with one attached hydrogen (secondary N) is 1. The summed E-state index contributed by atoms with van der Waals surface area (Å²) < 4.78 is 23.4. The molecule has 0 amide bonds. The first-order chi connectivity index (χ1) is 8.69. The van der Waals surface area contributed by atoms with Crippen molar-refractivity contribution in [3.63, 3.8) is 0 Å². The van der Waals surface area contributed by atoms with Gasteiger partial charge in [0.25, 0.3) is 0 Å². The van der Waals surface area contributed by atoms with E-state index < -0.39 is 9.84 Å². The second-order valence-corrected chi connectivity index (χ2v) is 8.33. The van der Waals surface area contributed by atoms with Crippen LogP contribution in [-0.4, -0.2) is 26.5 Å². The van der Waals surface area contributed by atoms with Crippen LogP contribution in [-0.2, 0) is 9.84 Å². The molecule has 1 rings (SSSR count). The minimum atomic E-state index is -2.88. The second-order valence-electron chi connectivity index (χ2n) is 5.22. The fourth-order valence-electron chi connectivity index (χ4n) is 1.93. The van der Waals surface area contributed by atoms with Crippen molar-refractivity contribution in [3.8, 4) is 0 Å². The van der Waals surface area contributed by atoms with E-state index in [9.17, 15) is 8.42 Å². The number of benzene rings is 1. The predicted octanol–water partition coefficient (Wildman–Crippen LogP) is 3.23. The zero-order chi connectivity index (χ0) is 14.6. The van der Waals surface area contributed by atoms with Gasteiger partial charge in [-0.25, -0.2) is 8.42 Å². The lowest BCUT2D eigenvalue weighted by molar-refractivity contribution is 0.468. The Balaban J connectivity index is 2.58. The Bertz CT molecular complexity index is 528. The van der Waals surface area contributed by atoms with E-state index in [0.717, 1.165) is 4.47 Å². The summed E-state index contributed by atoms with van der Waals surface area (Å²) >= 11 is 3.49. The average Bonchev–Trinajstić information content (AvgIpc) is 2.29. The first kappa shape index (κ1) is 16.7. The number of hydrogen-bond donors (Lipinski definition) is 1. The van der Waals surface area contributed by atoms with E-state index in [1.807, 2.05) is 13.0 Å². The monoisotopic (exact) mass is 347 g/mol. The fraction of sp³-hybridized carbons (Fsp3) is 0.571. The van der Waals surface area contributed by atoms with Gasteiger partial charge in [-0.1, -0.05) is 28.1 Å². The summed E-state index contributed by atoms with van der Waals surface area (Å²) in [6.45, 7) is 6.18. The molecule has 0 unspecified atom stereocenters. The van der Waals surface area contributed by atoms with Crippen molar-refractivity contribution in [1.29, 1.82) is 0 Å². The third-order valence-electron chi connectivity index (χ3n) is 3.14. The van der Waals surface area contributed by atoms with Crippen LogP contribution in [0.2, 0.25) is 0 Å². The van der Waals surface area contributed by atoms with Crippen LogP contribution in [0.3, 0.4) is 0 Å². The summed E-state index contributed by atoms with van der Waals surface area (Å²) in [5, 5.41) is 3.44. The molecule has 0 saturated heterocycles. The molecule has 5 heteroatoms. The van der Waals surface area contributed by atoms with E-state index in [4.69, 9.17) is 0 Å². The van der Waals surface area contributed by atoms with Gasteiger partial charge in [0.2, 0.25) is 0 Å². The molecule has 0 aliphatic rings. The highest BCUT2D eigenvalue weighted by molar-refractivity contribution is 9.10. The van der Waals surface area contributed by atoms with Gasteiger partial charge in [-0.3, -0.25) is 0 Å². The van der Waals surface area contributed by atoms with Gasteiger partial charge in [-0.15, -0.1) is 0 Å². The summed E-state index contributed by atoms with van der Waals surface area (Å²) in [5.74, 6) is 0.229. The molecule has 1 N–H and O–H groups in total. The molecule has 0 heterocycles. The third kappa shape index (κ3) is 6.06. The molecule has 0 spiro atoms. The first-order valence-electron chi connectivity index (χ1n) is 6.39. The van der Waals surface area contributed by atoms with Crippen molar-refractivity contribution in [2.75, 3.05) is 12.0 Å². The molecule has 0 aliphatic heterocycles. The highest BCUT2D eigenvalue weighted by atomic mass is 79.9. The van der Waals surface area contributed by atoms with Gasteiger partial charge in [-0.2, -0.15) is 0 Å². The number of halogens is 1. The summed E-state index contributed by atoms with van der Waals surface area (Å²) in [6, 6.07) is 6.66. The zero-order valence-corrected chi connectivity index (χ0v) is 14.3. The van der Waals surface area contributed by atoms with Crippen LogP contribution >= 0.6 is 15.9 Å². The van der Waals surface area contributed by atoms with E-state index in [2.05, 4.69) is 47.2 Å². The largest absolute Gasteiger partial charge is 0.308 e. The Labute approximate surface area is 124 Å². The number of rotatable bonds is 6. The van der Waals surface area contributed by atoms with Crippen molar-refractivity contribution in [3.05, 3.63) is 33.8 Å². The van der Waals surface area contributed by atoms with E-state index in [-0.39, 0.29) is 17.8 Å². The van der Waals surface area contributed by atoms with Crippen LogP contribution < -0.4 is 5.32 Å². The van der Waals surface area contributed by atoms with Crippen LogP contribution in [0.4, 0.5) is 0 Å². The Kier molecular flexibility index (Phi) is 6.02. The summed E-state index contributed by atoms with van der Waals surface area (Å²) in [4.78, 5) is 0. The lowest BCUT2D eigenvalue weighted by Crippen LogP contribution is -2.30. The highest BCUT2D eigenvalue weighted by Gasteiger charge is 2.12. The van der Waals surface area contributed by atoms with Gasteiger partial charge in [0.15, 0.2) is 0 Å². The molecule has 2 atom stereocenters. The van der Waals surface area contributed by atoms with Gasteiger partial charge < -0.3 is 5.32 Å². The first-order valence-corrected chi connectivity index (χ1v) is 9.24. The number of sulfone groups is 1. The summed E-state index contributed by atoms with van der Waals surface area (Å²) in [7, 11) is -2.88. The van der Waals surface area contributed by atoms with Gasteiger partial charge >= 0.3 is 0 Å². The smallest absolute Gasteiger partial charge is 0.147 e. The zero-order valence-electron chi connectivity index (χ0n) is 11.9. The molecule has 0 radical (unpaired) electrons. The quantitative estimate of drug-likeness (QED) is 0.859. The SMILES string of the molecule is Cc1cc([C@@H](C)N[C@H](C)CCS(C)(=O)=O)ccc1Br. The maximum atomic E-state index is 11.1. The van der Waals surface area contributed by atoms with Crippen molar-refractivity contribution in [1.82, 2.24) is 5.32 Å². The predicted molar refractivity (Wildman–Crippen MR) is 84.2 cm³/mol. The molecule has 3 nitrogen and oxygen atoms in total. The number of aryl methyl sites for hydroxylation is 1. The van der Waals surface area contributed by atoms with Gasteiger partial charge in [0.05, 0.1) is 5.75 Å². The van der Waals surface area contributed by atoms with Crippen molar-refractivity contribution < 1.29 is 8.42 Å². The van der Waals surface area contributed by atoms with Crippen LogP contribution in [0.5, 0.6) is 0 Å². The standard InChI is InChI=1S/C14H22BrNO2S/c1-10-9-13(5-6-14(10)15)12(3)16-11(2)7-8-19(4,17)18/h5-6,9,11-12,16H,7-8H2,1-4H3/t11-,12-/m1/s1. The normalized spacial score (nSPS) is 15.2. The molecule has 0 fully saturated rings. The molecule has 1 aromatic carbocycles. The fourth-order valence-corrected chi connectivity index (χ4v) is 2.96. The van der Waals surface area contributed by atoms with Crippen molar-refractivity contribution in [2.24, 2.45) is 0 Å². The molecule has 0 bridgehead atoms. The molecule has 0 aromatic heterocycles. The van der Waals surface area contributed by atoms with Gasteiger partial charge in [0, 0.05) is 22.8 Å². The van der Waals surface area contributed by atoms with E-state index in [0.29, 0.717) is 6.42 Å². The Morgan fingerprint density at radius 1 is 1.32 bits per heavy atom. The molecular weight excluding hydrogens is 326 g/mol. The molecule has 1 aromatic rings. The Morgan fingerprint density at radius 3 is 2.47 bits per heavy atom. The lowest BCUT2D eigenvalue weighted by atomic mass is 10.0. The minimum absolute atomic E-state index is 0.175. The molecule has 19 heavy (non-hydrogen) atoms. The minimum Gasteiger partial charge on any atom is -0.308 e. The van der Waals surface area contributed by atoms with E-state index in [1.165, 1.54) is 17.4 Å². The van der Waals surface area contributed by atoms with Crippen LogP contribution in [0, 0.1) is 6.92 Å². The van der Waals surface area contributed by atoms with E-state index >= 15 is 0 Å². The van der Waals surface area contributed by atoms with Gasteiger partial charge in [-0.05, 0) is 44.4 Å². The Hall–Kier alpha value is -0.390. The van der Waals surface area contributed by atoms with Crippen LogP contribution in [0.25, 0.3) is 0 Å². The molecule has 0 aliphatic carbocycles. The average molecular weight is 348 g/mol. The van der Waals surface area contributed by atoms with Crippen molar-refractivity contribution >= 4 is 25.8 Å². The maximum absolute atomic E-state index is 11.1. The molecular formula is C14H22BrNO2S.